The van der Waals surface area contributed by atoms with E-state index in [4.69, 9.17) is 0 Å². The molecule has 1 unspecified atom stereocenters. The van der Waals surface area contributed by atoms with Gasteiger partial charge in [-0.25, -0.2) is 5.01 Å². The molecule has 1 heterocycles. The molecule has 0 saturated heterocycles. The minimum Gasteiger partial charge on any atom is -0.272 e. The Morgan fingerprint density at radius 3 is 2.53 bits per heavy atom. The highest BCUT2D eigenvalue weighted by molar-refractivity contribution is 9.10. The zero-order valence-electron chi connectivity index (χ0n) is 9.98. The van der Waals surface area contributed by atoms with Crippen LogP contribution in [-0.4, -0.2) is 16.6 Å². The van der Waals surface area contributed by atoms with Crippen molar-refractivity contribution in [3.05, 3.63) is 34.3 Å². The number of hydrazone groups is 1. The highest BCUT2D eigenvalue weighted by Crippen LogP contribution is 2.21. The van der Waals surface area contributed by atoms with Gasteiger partial charge in [-0.05, 0) is 31.0 Å². The molecule has 17 heavy (non-hydrogen) atoms. The summed E-state index contributed by atoms with van der Waals surface area (Å²) >= 11 is 3.39. The van der Waals surface area contributed by atoms with Crippen LogP contribution in [0.1, 0.15) is 25.8 Å². The molecule has 1 atom stereocenters. The SMILES string of the molecule is CCC1C(=O)N(Cc2ccc(Br)cc2)N=C1C. The normalized spacial score (nSPS) is 19.7. The Kier molecular flexibility index (Phi) is 3.62. The van der Waals surface area contributed by atoms with Crippen molar-refractivity contribution < 1.29 is 4.79 Å². The second-order valence-corrected chi connectivity index (χ2v) is 5.14. The minimum atomic E-state index is -0.0227. The zero-order valence-corrected chi connectivity index (χ0v) is 11.6. The maximum atomic E-state index is 12.0. The van der Waals surface area contributed by atoms with Gasteiger partial charge in [-0.3, -0.25) is 4.79 Å². The Bertz CT molecular complexity index is 453. The van der Waals surface area contributed by atoms with E-state index in [-0.39, 0.29) is 11.8 Å². The number of rotatable bonds is 3. The maximum Gasteiger partial charge on any atom is 0.251 e. The van der Waals surface area contributed by atoms with Gasteiger partial charge in [0.05, 0.1) is 12.5 Å². The molecule has 0 aromatic heterocycles. The molecule has 0 saturated carbocycles. The molecule has 0 radical (unpaired) electrons. The Labute approximate surface area is 110 Å². The molecule has 1 aliphatic rings. The lowest BCUT2D eigenvalue weighted by Crippen LogP contribution is -2.26. The number of benzene rings is 1. The van der Waals surface area contributed by atoms with Crippen molar-refractivity contribution in [1.82, 2.24) is 5.01 Å². The lowest BCUT2D eigenvalue weighted by atomic mass is 10.0. The summed E-state index contributed by atoms with van der Waals surface area (Å²) < 4.78 is 1.04. The molecular weight excluding hydrogens is 280 g/mol. The third-order valence-corrected chi connectivity index (χ3v) is 3.52. The highest BCUT2D eigenvalue weighted by atomic mass is 79.9. The summed E-state index contributed by atoms with van der Waals surface area (Å²) in [7, 11) is 0. The van der Waals surface area contributed by atoms with Crippen molar-refractivity contribution in [3.8, 4) is 0 Å². The van der Waals surface area contributed by atoms with Gasteiger partial charge in [0, 0.05) is 10.2 Å². The summed E-state index contributed by atoms with van der Waals surface area (Å²) in [6.07, 6.45) is 0.824. The van der Waals surface area contributed by atoms with Crippen LogP contribution in [0.5, 0.6) is 0 Å². The van der Waals surface area contributed by atoms with E-state index in [2.05, 4.69) is 21.0 Å². The fourth-order valence-electron chi connectivity index (χ4n) is 2.01. The molecule has 0 fully saturated rings. The summed E-state index contributed by atoms with van der Waals surface area (Å²) in [6.45, 7) is 4.50. The Morgan fingerprint density at radius 1 is 1.35 bits per heavy atom. The smallest absolute Gasteiger partial charge is 0.251 e. The van der Waals surface area contributed by atoms with Crippen LogP contribution in [0, 0.1) is 5.92 Å². The fraction of sp³-hybridized carbons (Fsp3) is 0.385. The molecule has 1 aliphatic heterocycles. The van der Waals surface area contributed by atoms with Crippen molar-refractivity contribution in [1.29, 1.82) is 0 Å². The molecule has 90 valence electrons. The molecule has 0 aliphatic carbocycles. The average Bonchev–Trinajstić information content (AvgIpc) is 2.57. The first-order chi connectivity index (χ1) is 8.11. The highest BCUT2D eigenvalue weighted by Gasteiger charge is 2.31. The fourth-order valence-corrected chi connectivity index (χ4v) is 2.28. The molecule has 4 heteroatoms. The van der Waals surface area contributed by atoms with Gasteiger partial charge in [-0.15, -0.1) is 0 Å². The van der Waals surface area contributed by atoms with Crippen LogP contribution in [0.4, 0.5) is 0 Å². The third-order valence-electron chi connectivity index (χ3n) is 2.99. The molecule has 0 N–H and O–H groups in total. The van der Waals surface area contributed by atoms with E-state index >= 15 is 0 Å². The molecule has 3 nitrogen and oxygen atoms in total. The van der Waals surface area contributed by atoms with E-state index in [9.17, 15) is 4.79 Å². The summed E-state index contributed by atoms with van der Waals surface area (Å²) in [5.74, 6) is 0.0957. The first-order valence-electron chi connectivity index (χ1n) is 5.72. The molecule has 0 bridgehead atoms. The number of carbonyl (C=O) groups excluding carboxylic acids is 1. The molecular formula is C13H15BrN2O. The van der Waals surface area contributed by atoms with Gasteiger partial charge < -0.3 is 0 Å². The van der Waals surface area contributed by atoms with Crippen molar-refractivity contribution in [2.75, 3.05) is 0 Å². The predicted octanol–water partition coefficient (Wildman–Crippen LogP) is 3.19. The summed E-state index contributed by atoms with van der Waals surface area (Å²) in [5.41, 5.74) is 2.02. The van der Waals surface area contributed by atoms with Crippen LogP contribution >= 0.6 is 15.9 Å². The molecule has 0 spiro atoms. The zero-order chi connectivity index (χ0) is 12.4. The lowest BCUT2D eigenvalue weighted by Gasteiger charge is -2.13. The van der Waals surface area contributed by atoms with Crippen LogP contribution in [0.15, 0.2) is 33.8 Å². The number of hydrogen-bond donors (Lipinski definition) is 0. The second-order valence-electron chi connectivity index (χ2n) is 4.22. The predicted molar refractivity (Wildman–Crippen MR) is 71.6 cm³/mol. The Morgan fingerprint density at radius 2 is 2.00 bits per heavy atom. The topological polar surface area (TPSA) is 32.7 Å². The Hall–Kier alpha value is -1.16. The van der Waals surface area contributed by atoms with Crippen LogP contribution < -0.4 is 0 Å². The lowest BCUT2D eigenvalue weighted by molar-refractivity contribution is -0.132. The van der Waals surface area contributed by atoms with Crippen molar-refractivity contribution in [2.45, 2.75) is 26.8 Å². The van der Waals surface area contributed by atoms with Crippen LogP contribution in [0.25, 0.3) is 0 Å². The van der Waals surface area contributed by atoms with Gasteiger partial charge in [0.2, 0.25) is 0 Å². The quantitative estimate of drug-likeness (QED) is 0.843. The van der Waals surface area contributed by atoms with Gasteiger partial charge in [-0.2, -0.15) is 5.10 Å². The van der Waals surface area contributed by atoms with Crippen molar-refractivity contribution >= 4 is 27.5 Å². The largest absolute Gasteiger partial charge is 0.272 e. The summed E-state index contributed by atoms with van der Waals surface area (Å²) in [4.78, 5) is 12.0. The van der Waals surface area contributed by atoms with Gasteiger partial charge in [0.1, 0.15) is 0 Å². The maximum absolute atomic E-state index is 12.0. The molecule has 1 aromatic rings. The second kappa shape index (κ2) is 5.00. The van der Waals surface area contributed by atoms with E-state index < -0.39 is 0 Å². The molecule has 2 rings (SSSR count). The third kappa shape index (κ3) is 2.57. The van der Waals surface area contributed by atoms with Crippen LogP contribution in [0.2, 0.25) is 0 Å². The van der Waals surface area contributed by atoms with Gasteiger partial charge in [0.25, 0.3) is 5.91 Å². The number of nitrogens with zero attached hydrogens (tertiary/aromatic N) is 2. The minimum absolute atomic E-state index is 0.0227. The monoisotopic (exact) mass is 294 g/mol. The number of amides is 1. The average molecular weight is 295 g/mol. The summed E-state index contributed by atoms with van der Waals surface area (Å²) in [5, 5.41) is 5.90. The number of hydrogen-bond acceptors (Lipinski definition) is 2. The van der Waals surface area contributed by atoms with E-state index in [0.29, 0.717) is 6.54 Å². The van der Waals surface area contributed by atoms with Gasteiger partial charge in [0.15, 0.2) is 0 Å². The number of halogens is 1. The first-order valence-corrected chi connectivity index (χ1v) is 6.52. The molecule has 1 amide bonds. The first kappa shape index (κ1) is 12.3. The van der Waals surface area contributed by atoms with Crippen LogP contribution in [0.3, 0.4) is 0 Å². The Balaban J connectivity index is 2.10. The van der Waals surface area contributed by atoms with Crippen LogP contribution in [-0.2, 0) is 11.3 Å². The summed E-state index contributed by atoms with van der Waals surface area (Å²) in [6, 6.07) is 7.95. The van der Waals surface area contributed by atoms with Crippen molar-refractivity contribution in [3.63, 3.8) is 0 Å². The van der Waals surface area contributed by atoms with Crippen molar-refractivity contribution in [2.24, 2.45) is 11.0 Å². The van der Waals surface area contributed by atoms with E-state index in [1.807, 2.05) is 38.1 Å². The number of carbonyl (C=O) groups is 1. The van der Waals surface area contributed by atoms with Gasteiger partial charge in [-0.1, -0.05) is 35.0 Å². The van der Waals surface area contributed by atoms with Gasteiger partial charge >= 0.3 is 0 Å². The molecule has 1 aromatic carbocycles. The van der Waals surface area contributed by atoms with E-state index in [1.165, 1.54) is 0 Å². The van der Waals surface area contributed by atoms with E-state index in [1.54, 1.807) is 5.01 Å². The standard InChI is InChI=1S/C13H15BrN2O/c1-3-12-9(2)15-16(13(12)17)8-10-4-6-11(14)7-5-10/h4-7,12H,3,8H2,1-2H3. The van der Waals surface area contributed by atoms with E-state index in [0.717, 1.165) is 22.2 Å².